The molecule has 1 aliphatic heterocycles. The van der Waals surface area contributed by atoms with Crippen molar-refractivity contribution < 1.29 is 0 Å². The third-order valence-corrected chi connectivity index (χ3v) is 5.74. The molecule has 0 unspecified atom stereocenters. The number of hydrogen-bond acceptors (Lipinski definition) is 4. The van der Waals surface area contributed by atoms with Gasteiger partial charge in [-0.25, -0.2) is 4.98 Å². The molecule has 1 aliphatic rings. The zero-order chi connectivity index (χ0) is 18.9. The largest absolute Gasteiger partial charge is 0.385 e. The molecule has 28 heavy (non-hydrogen) atoms. The number of nitrogens with one attached hydrogen (secondary N) is 3. The number of likely N-dealkylation sites (tertiary alicyclic amines) is 1. The second kappa shape index (κ2) is 7.45. The normalized spacial score (nSPS) is 15.0. The Labute approximate surface area is 168 Å². The average molecular weight is 395 g/mol. The van der Waals surface area contributed by atoms with Gasteiger partial charge in [0.05, 0.1) is 16.1 Å². The van der Waals surface area contributed by atoms with Crippen LogP contribution in [0.1, 0.15) is 19.3 Å². The van der Waals surface area contributed by atoms with Crippen LogP contribution in [-0.2, 0) is 0 Å². The molecule has 1 fully saturated rings. The van der Waals surface area contributed by atoms with Crippen molar-refractivity contribution >= 4 is 39.2 Å². The molecular weight excluding hydrogens is 372 g/mol. The summed E-state index contributed by atoms with van der Waals surface area (Å²) in [7, 11) is 0. The van der Waals surface area contributed by atoms with Crippen LogP contribution in [-0.4, -0.2) is 51.2 Å². The van der Waals surface area contributed by atoms with Gasteiger partial charge >= 0.3 is 0 Å². The molecule has 5 rings (SSSR count). The lowest BCUT2D eigenvalue weighted by Gasteiger charge is -2.14. The summed E-state index contributed by atoms with van der Waals surface area (Å²) in [6, 6.07) is 12.0. The SMILES string of the molecule is Clc1cccc2c(-c3nc4ccc(NCCCN5CCCC5)cc4[nH]3)[nH]nc12. The Balaban J connectivity index is 1.32. The highest BCUT2D eigenvalue weighted by molar-refractivity contribution is 6.35. The predicted molar refractivity (Wildman–Crippen MR) is 115 cm³/mol. The lowest BCUT2D eigenvalue weighted by molar-refractivity contribution is 0.337. The van der Waals surface area contributed by atoms with Gasteiger partial charge < -0.3 is 15.2 Å². The summed E-state index contributed by atoms with van der Waals surface area (Å²) in [6.45, 7) is 4.68. The van der Waals surface area contributed by atoms with Crippen molar-refractivity contribution in [3.05, 3.63) is 41.4 Å². The number of H-pyrrole nitrogens is 2. The van der Waals surface area contributed by atoms with E-state index in [1.807, 2.05) is 24.3 Å². The number of benzene rings is 2. The van der Waals surface area contributed by atoms with Crippen molar-refractivity contribution in [2.75, 3.05) is 31.5 Å². The van der Waals surface area contributed by atoms with Crippen molar-refractivity contribution in [2.24, 2.45) is 0 Å². The van der Waals surface area contributed by atoms with Gasteiger partial charge in [-0.1, -0.05) is 23.7 Å². The topological polar surface area (TPSA) is 72.6 Å². The minimum absolute atomic E-state index is 0.636. The first-order chi connectivity index (χ1) is 13.8. The van der Waals surface area contributed by atoms with Crippen molar-refractivity contribution in [1.82, 2.24) is 25.1 Å². The summed E-state index contributed by atoms with van der Waals surface area (Å²) < 4.78 is 0. The van der Waals surface area contributed by atoms with E-state index in [-0.39, 0.29) is 0 Å². The van der Waals surface area contributed by atoms with E-state index >= 15 is 0 Å². The maximum atomic E-state index is 6.23. The van der Waals surface area contributed by atoms with E-state index in [1.165, 1.54) is 32.5 Å². The maximum Gasteiger partial charge on any atom is 0.157 e. The highest BCUT2D eigenvalue weighted by Crippen LogP contribution is 2.30. The van der Waals surface area contributed by atoms with Gasteiger partial charge in [0, 0.05) is 17.6 Å². The van der Waals surface area contributed by atoms with Crippen molar-refractivity contribution in [2.45, 2.75) is 19.3 Å². The number of aromatic nitrogens is 4. The van der Waals surface area contributed by atoms with Crippen LogP contribution in [0.25, 0.3) is 33.5 Å². The minimum Gasteiger partial charge on any atom is -0.385 e. The molecule has 0 spiro atoms. The van der Waals surface area contributed by atoms with E-state index in [9.17, 15) is 0 Å². The van der Waals surface area contributed by atoms with Gasteiger partial charge in [-0.15, -0.1) is 0 Å². The van der Waals surface area contributed by atoms with E-state index in [2.05, 4.69) is 37.5 Å². The van der Waals surface area contributed by atoms with Crippen molar-refractivity contribution in [3.63, 3.8) is 0 Å². The molecule has 0 atom stereocenters. The fourth-order valence-corrected chi connectivity index (χ4v) is 4.18. The number of rotatable bonds is 6. The summed E-state index contributed by atoms with van der Waals surface area (Å²) in [5.74, 6) is 0.769. The van der Waals surface area contributed by atoms with E-state index in [0.29, 0.717) is 5.02 Å². The van der Waals surface area contributed by atoms with Gasteiger partial charge in [0.2, 0.25) is 0 Å². The van der Waals surface area contributed by atoms with Gasteiger partial charge in [-0.3, -0.25) is 5.10 Å². The Morgan fingerprint density at radius 1 is 1.14 bits per heavy atom. The van der Waals surface area contributed by atoms with Crippen molar-refractivity contribution in [3.8, 4) is 11.5 Å². The van der Waals surface area contributed by atoms with Gasteiger partial charge in [-0.05, 0) is 63.2 Å². The Hall–Kier alpha value is -2.57. The van der Waals surface area contributed by atoms with Gasteiger partial charge in [0.15, 0.2) is 5.82 Å². The van der Waals surface area contributed by atoms with Crippen LogP contribution in [0.2, 0.25) is 5.02 Å². The third kappa shape index (κ3) is 3.34. The van der Waals surface area contributed by atoms with Crippen LogP contribution >= 0.6 is 11.6 Å². The predicted octanol–water partition coefficient (Wildman–Crippen LogP) is 4.66. The highest BCUT2D eigenvalue weighted by atomic mass is 35.5. The number of nitrogens with zero attached hydrogens (tertiary/aromatic N) is 3. The molecule has 2 aromatic carbocycles. The number of hydrogen-bond donors (Lipinski definition) is 3. The molecule has 2 aromatic heterocycles. The summed E-state index contributed by atoms with van der Waals surface area (Å²) in [5, 5.41) is 12.5. The number of aromatic amines is 2. The summed E-state index contributed by atoms with van der Waals surface area (Å²) in [4.78, 5) is 10.7. The van der Waals surface area contributed by atoms with Gasteiger partial charge in [0.1, 0.15) is 11.2 Å². The summed E-state index contributed by atoms with van der Waals surface area (Å²) in [5.41, 5.74) is 4.67. The molecule has 3 N–H and O–H groups in total. The molecule has 0 radical (unpaired) electrons. The number of imidazole rings is 1. The maximum absolute atomic E-state index is 6.23. The lowest BCUT2D eigenvalue weighted by atomic mass is 10.2. The smallest absolute Gasteiger partial charge is 0.157 e. The molecule has 6 nitrogen and oxygen atoms in total. The summed E-state index contributed by atoms with van der Waals surface area (Å²) in [6.07, 6.45) is 3.86. The molecule has 4 aromatic rings. The fourth-order valence-electron chi connectivity index (χ4n) is 3.96. The Bertz CT molecular complexity index is 1110. The first kappa shape index (κ1) is 17.5. The van der Waals surface area contributed by atoms with Crippen LogP contribution in [0.3, 0.4) is 0 Å². The zero-order valence-corrected chi connectivity index (χ0v) is 16.4. The molecule has 3 heterocycles. The van der Waals surface area contributed by atoms with Crippen LogP contribution in [0.5, 0.6) is 0 Å². The van der Waals surface area contributed by atoms with Gasteiger partial charge in [-0.2, -0.15) is 5.10 Å². The third-order valence-electron chi connectivity index (χ3n) is 5.43. The van der Waals surface area contributed by atoms with Crippen molar-refractivity contribution in [1.29, 1.82) is 0 Å². The second-order valence-corrected chi connectivity index (χ2v) is 7.79. The lowest BCUT2D eigenvalue weighted by Crippen LogP contribution is -2.22. The van der Waals surface area contributed by atoms with Crippen LogP contribution in [0.15, 0.2) is 36.4 Å². The van der Waals surface area contributed by atoms with E-state index < -0.39 is 0 Å². The second-order valence-electron chi connectivity index (χ2n) is 7.38. The first-order valence-electron chi connectivity index (χ1n) is 9.87. The molecule has 0 amide bonds. The molecule has 0 aliphatic carbocycles. The monoisotopic (exact) mass is 394 g/mol. The Kier molecular flexibility index (Phi) is 4.66. The van der Waals surface area contributed by atoms with E-state index in [4.69, 9.17) is 16.6 Å². The zero-order valence-electron chi connectivity index (χ0n) is 15.6. The summed E-state index contributed by atoms with van der Waals surface area (Å²) >= 11 is 6.23. The standard InChI is InChI=1S/C21H23ClN6/c22-16-6-3-5-15-19(16)26-27-20(15)21-24-17-8-7-14(13-18(17)25-21)23-9-4-12-28-10-1-2-11-28/h3,5-8,13,23H,1-2,4,9-12H2,(H,24,25)(H,26,27). The van der Waals surface area contributed by atoms with Crippen LogP contribution in [0, 0.1) is 0 Å². The van der Waals surface area contributed by atoms with Crippen LogP contribution < -0.4 is 5.32 Å². The number of halogens is 1. The average Bonchev–Trinajstić information content (AvgIpc) is 3.43. The van der Waals surface area contributed by atoms with Crippen LogP contribution in [0.4, 0.5) is 5.69 Å². The number of fused-ring (bicyclic) bond motifs is 2. The fraction of sp³-hybridized carbons (Fsp3) is 0.333. The molecular formula is C21H23ClN6. The minimum atomic E-state index is 0.636. The molecule has 144 valence electrons. The molecule has 0 saturated carbocycles. The van der Waals surface area contributed by atoms with Gasteiger partial charge in [0.25, 0.3) is 0 Å². The van der Waals surface area contributed by atoms with E-state index in [1.54, 1.807) is 0 Å². The molecule has 0 bridgehead atoms. The molecule has 7 heteroatoms. The Morgan fingerprint density at radius 3 is 2.93 bits per heavy atom. The first-order valence-corrected chi connectivity index (χ1v) is 10.2. The van der Waals surface area contributed by atoms with E-state index in [0.717, 1.165) is 52.1 Å². The number of anilines is 1. The molecule has 1 saturated heterocycles. The number of para-hydroxylation sites is 1. The Morgan fingerprint density at radius 2 is 2.04 bits per heavy atom. The quantitative estimate of drug-likeness (QED) is 0.416. The highest BCUT2D eigenvalue weighted by Gasteiger charge is 2.14.